The molecule has 4 nitrogen and oxygen atoms in total. The molecule has 1 aliphatic rings. The van der Waals surface area contributed by atoms with Gasteiger partial charge in [0.25, 0.3) is 5.91 Å². The summed E-state index contributed by atoms with van der Waals surface area (Å²) in [6.45, 7) is 3.84. The van der Waals surface area contributed by atoms with Gasteiger partial charge >= 0.3 is 0 Å². The summed E-state index contributed by atoms with van der Waals surface area (Å²) >= 11 is 6.06. The average molecular weight is 333 g/mol. The molecule has 0 saturated carbocycles. The van der Waals surface area contributed by atoms with E-state index in [2.05, 4.69) is 10.6 Å². The monoisotopic (exact) mass is 332 g/mol. The molecular formula is C15H22Cl2N2O2. The molecule has 0 aliphatic carbocycles. The average Bonchev–Trinajstić information content (AvgIpc) is 2.47. The van der Waals surface area contributed by atoms with Crippen molar-refractivity contribution in [2.45, 2.75) is 38.3 Å². The minimum Gasteiger partial charge on any atom is -0.479 e. The fourth-order valence-corrected chi connectivity index (χ4v) is 2.46. The quantitative estimate of drug-likeness (QED) is 0.871. The van der Waals surface area contributed by atoms with Gasteiger partial charge in [0, 0.05) is 6.04 Å². The van der Waals surface area contributed by atoms with E-state index in [0.717, 1.165) is 25.9 Å². The third-order valence-electron chi connectivity index (χ3n) is 3.45. The van der Waals surface area contributed by atoms with Crippen LogP contribution in [0, 0.1) is 0 Å². The van der Waals surface area contributed by atoms with Crippen molar-refractivity contribution in [2.24, 2.45) is 0 Å². The van der Waals surface area contributed by atoms with Crippen LogP contribution in [-0.4, -0.2) is 31.1 Å². The van der Waals surface area contributed by atoms with E-state index in [1.54, 1.807) is 12.1 Å². The number of carbonyl (C=O) groups is 1. The van der Waals surface area contributed by atoms with Crippen molar-refractivity contribution in [1.29, 1.82) is 0 Å². The van der Waals surface area contributed by atoms with Gasteiger partial charge in [-0.25, -0.2) is 0 Å². The molecule has 1 saturated heterocycles. The molecule has 1 aromatic carbocycles. The Bertz CT molecular complexity index is 451. The molecule has 0 spiro atoms. The van der Waals surface area contributed by atoms with Gasteiger partial charge < -0.3 is 15.4 Å². The van der Waals surface area contributed by atoms with Crippen molar-refractivity contribution < 1.29 is 9.53 Å². The molecule has 21 heavy (non-hydrogen) atoms. The normalized spacial score (nSPS) is 16.7. The first-order valence-corrected chi connectivity index (χ1v) is 7.50. The van der Waals surface area contributed by atoms with Crippen LogP contribution < -0.4 is 15.4 Å². The molecule has 6 heteroatoms. The summed E-state index contributed by atoms with van der Waals surface area (Å²) in [5, 5.41) is 6.87. The Balaban J connectivity index is 0.00000220. The number of halogens is 2. The van der Waals surface area contributed by atoms with E-state index in [9.17, 15) is 4.79 Å². The van der Waals surface area contributed by atoms with E-state index >= 15 is 0 Å². The summed E-state index contributed by atoms with van der Waals surface area (Å²) in [5.41, 5.74) is 0. The fourth-order valence-electron chi connectivity index (χ4n) is 2.28. The maximum atomic E-state index is 12.3. The van der Waals surface area contributed by atoms with E-state index in [1.165, 1.54) is 0 Å². The highest BCUT2D eigenvalue weighted by Gasteiger charge is 2.23. The van der Waals surface area contributed by atoms with Crippen LogP contribution in [0.5, 0.6) is 5.75 Å². The zero-order valence-corrected chi connectivity index (χ0v) is 13.7. The Morgan fingerprint density at radius 3 is 2.71 bits per heavy atom. The lowest BCUT2D eigenvalue weighted by molar-refractivity contribution is -0.129. The number of rotatable bonds is 5. The van der Waals surface area contributed by atoms with Crippen LogP contribution in [-0.2, 0) is 4.79 Å². The molecule has 1 aliphatic heterocycles. The molecule has 1 heterocycles. The van der Waals surface area contributed by atoms with Crippen molar-refractivity contribution in [3.05, 3.63) is 29.3 Å². The van der Waals surface area contributed by atoms with E-state index in [-0.39, 0.29) is 24.4 Å². The number of nitrogens with one attached hydrogen (secondary N) is 2. The molecule has 0 radical (unpaired) electrons. The number of amides is 1. The number of hydrogen-bond donors (Lipinski definition) is 2. The Labute approximate surface area is 137 Å². The molecular weight excluding hydrogens is 311 g/mol. The van der Waals surface area contributed by atoms with E-state index < -0.39 is 6.10 Å². The van der Waals surface area contributed by atoms with Crippen LogP contribution in [0.15, 0.2) is 24.3 Å². The zero-order chi connectivity index (χ0) is 14.4. The minimum absolute atomic E-state index is 0. The Kier molecular flexibility index (Phi) is 7.86. The van der Waals surface area contributed by atoms with Crippen molar-refractivity contribution in [2.75, 3.05) is 13.1 Å². The molecule has 118 valence electrons. The topological polar surface area (TPSA) is 50.4 Å². The predicted molar refractivity (Wildman–Crippen MR) is 87.4 cm³/mol. The summed E-state index contributed by atoms with van der Waals surface area (Å²) in [5.74, 6) is 0.501. The van der Waals surface area contributed by atoms with Crippen LogP contribution in [0.25, 0.3) is 0 Å². The highest BCUT2D eigenvalue weighted by atomic mass is 35.5. The number of carbonyl (C=O) groups excluding carboxylic acids is 1. The molecule has 1 amide bonds. The summed E-state index contributed by atoms with van der Waals surface area (Å²) in [6.07, 6.45) is 2.05. The van der Waals surface area contributed by atoms with Gasteiger partial charge in [0.15, 0.2) is 6.10 Å². The smallest absolute Gasteiger partial charge is 0.261 e. The first-order valence-electron chi connectivity index (χ1n) is 7.13. The van der Waals surface area contributed by atoms with Gasteiger partial charge in [0.1, 0.15) is 5.75 Å². The third-order valence-corrected chi connectivity index (χ3v) is 3.77. The first kappa shape index (κ1) is 18.1. The minimum atomic E-state index is -0.496. The van der Waals surface area contributed by atoms with Crippen LogP contribution in [0.1, 0.15) is 26.2 Å². The largest absolute Gasteiger partial charge is 0.479 e. The predicted octanol–water partition coefficient (Wildman–Crippen LogP) is 2.79. The summed E-state index contributed by atoms with van der Waals surface area (Å²) < 4.78 is 5.74. The highest BCUT2D eigenvalue weighted by molar-refractivity contribution is 6.32. The number of hydrogen-bond acceptors (Lipinski definition) is 3. The van der Waals surface area contributed by atoms with Gasteiger partial charge in [0.2, 0.25) is 0 Å². The van der Waals surface area contributed by atoms with Gasteiger partial charge in [-0.2, -0.15) is 0 Å². The molecule has 1 unspecified atom stereocenters. The summed E-state index contributed by atoms with van der Waals surface area (Å²) in [4.78, 5) is 12.3. The maximum Gasteiger partial charge on any atom is 0.261 e. The Morgan fingerprint density at radius 2 is 2.10 bits per heavy atom. The molecule has 0 aromatic heterocycles. The van der Waals surface area contributed by atoms with Crippen LogP contribution in [0.2, 0.25) is 5.02 Å². The van der Waals surface area contributed by atoms with Crippen LogP contribution in [0.3, 0.4) is 0 Å². The number of benzene rings is 1. The Hall–Kier alpha value is -0.970. The van der Waals surface area contributed by atoms with Crippen molar-refractivity contribution in [3.8, 4) is 5.75 Å². The fraction of sp³-hybridized carbons (Fsp3) is 0.533. The summed E-state index contributed by atoms with van der Waals surface area (Å²) in [6, 6.07) is 7.47. The maximum absolute atomic E-state index is 12.3. The van der Waals surface area contributed by atoms with Gasteiger partial charge in [-0.3, -0.25) is 4.79 Å². The standard InChI is InChI=1S/C15H21ClN2O2.ClH/c1-2-13(20-14-6-4-3-5-12(14)16)15(19)18-11-7-9-17-10-8-11;/h3-6,11,13,17H,2,7-10H2,1H3,(H,18,19);1H. The van der Waals surface area contributed by atoms with E-state index in [1.807, 2.05) is 19.1 Å². The SMILES string of the molecule is CCC(Oc1ccccc1Cl)C(=O)NC1CCNCC1.Cl. The van der Waals surface area contributed by atoms with Crippen LogP contribution >= 0.6 is 24.0 Å². The van der Waals surface area contributed by atoms with E-state index in [0.29, 0.717) is 17.2 Å². The van der Waals surface area contributed by atoms with Crippen LogP contribution in [0.4, 0.5) is 0 Å². The molecule has 1 aromatic rings. The molecule has 1 fully saturated rings. The highest BCUT2D eigenvalue weighted by Crippen LogP contribution is 2.24. The third kappa shape index (κ3) is 5.38. The van der Waals surface area contributed by atoms with Gasteiger partial charge in [-0.05, 0) is 44.5 Å². The summed E-state index contributed by atoms with van der Waals surface area (Å²) in [7, 11) is 0. The molecule has 2 N–H and O–H groups in total. The lowest BCUT2D eigenvalue weighted by atomic mass is 10.1. The zero-order valence-electron chi connectivity index (χ0n) is 12.1. The number of para-hydroxylation sites is 1. The van der Waals surface area contributed by atoms with Crippen molar-refractivity contribution in [1.82, 2.24) is 10.6 Å². The lowest BCUT2D eigenvalue weighted by Crippen LogP contribution is -2.47. The van der Waals surface area contributed by atoms with E-state index in [4.69, 9.17) is 16.3 Å². The number of piperidine rings is 1. The molecule has 1 atom stereocenters. The molecule has 2 rings (SSSR count). The first-order chi connectivity index (χ1) is 9.70. The second-order valence-electron chi connectivity index (χ2n) is 4.98. The van der Waals surface area contributed by atoms with Crippen molar-refractivity contribution in [3.63, 3.8) is 0 Å². The van der Waals surface area contributed by atoms with Gasteiger partial charge in [0.05, 0.1) is 5.02 Å². The lowest BCUT2D eigenvalue weighted by Gasteiger charge is -2.26. The molecule has 0 bridgehead atoms. The van der Waals surface area contributed by atoms with Crippen molar-refractivity contribution >= 4 is 29.9 Å². The second-order valence-corrected chi connectivity index (χ2v) is 5.39. The second kappa shape index (κ2) is 9.13. The number of ether oxygens (including phenoxy) is 1. The van der Waals surface area contributed by atoms with Gasteiger partial charge in [-0.15, -0.1) is 12.4 Å². The van der Waals surface area contributed by atoms with Gasteiger partial charge in [-0.1, -0.05) is 30.7 Å². The Morgan fingerprint density at radius 1 is 1.43 bits per heavy atom.